The van der Waals surface area contributed by atoms with Crippen molar-refractivity contribution in [3.8, 4) is 5.75 Å². The van der Waals surface area contributed by atoms with E-state index in [4.69, 9.17) is 0 Å². The van der Waals surface area contributed by atoms with E-state index >= 15 is 0 Å². The van der Waals surface area contributed by atoms with Gasteiger partial charge in [0.15, 0.2) is 0 Å². The van der Waals surface area contributed by atoms with Crippen LogP contribution in [0.2, 0.25) is 0 Å². The van der Waals surface area contributed by atoms with Crippen LogP contribution in [0.4, 0.5) is 0 Å². The van der Waals surface area contributed by atoms with E-state index in [1.165, 1.54) is 30.6 Å². The average Bonchev–Trinajstić information content (AvgIpc) is 3.13. The molecule has 1 aromatic rings. The summed E-state index contributed by atoms with van der Waals surface area (Å²) in [4.78, 5) is 14.4. The first kappa shape index (κ1) is 18.0. The first-order valence-corrected chi connectivity index (χ1v) is 11.5. The molecule has 3 nitrogen and oxygen atoms in total. The van der Waals surface area contributed by atoms with Crippen molar-refractivity contribution >= 4 is 27.5 Å². The summed E-state index contributed by atoms with van der Waals surface area (Å²) in [6, 6.07) is 7.54. The molecule has 132 valence electrons. The lowest BCUT2D eigenvalue weighted by molar-refractivity contribution is -0.132. The predicted octanol–water partition coefficient (Wildman–Crippen LogP) is 4.81. The number of nitrogens with zero attached hydrogens (tertiary/aromatic N) is 1. The number of carbonyl (C=O) groups is 1. The molecular weight excluding hydrogens is 338 g/mol. The van der Waals surface area contributed by atoms with Gasteiger partial charge < -0.3 is 10.0 Å². The Labute approximate surface area is 153 Å². The number of likely N-dealkylation sites (tertiary alicyclic amines) is 1. The number of benzene rings is 1. The van der Waals surface area contributed by atoms with Crippen LogP contribution in [0, 0.1) is 0 Å². The van der Waals surface area contributed by atoms with Crippen LogP contribution in [-0.4, -0.2) is 40.0 Å². The monoisotopic (exact) mass is 365 g/mol. The van der Waals surface area contributed by atoms with Gasteiger partial charge in [0.1, 0.15) is 5.75 Å². The number of piperidine rings is 1. The zero-order chi connectivity index (χ0) is 16.8. The summed E-state index contributed by atoms with van der Waals surface area (Å²) in [7, 11) is 4.03. The van der Waals surface area contributed by atoms with Gasteiger partial charge in [-0.1, -0.05) is 40.1 Å². The highest BCUT2D eigenvalue weighted by Gasteiger charge is 2.23. The summed E-state index contributed by atoms with van der Waals surface area (Å²) in [5.41, 5.74) is 1.28. The molecule has 0 aliphatic carbocycles. The number of rotatable bonds is 6. The number of aromatic hydroxyl groups is 1. The van der Waals surface area contributed by atoms with Crippen molar-refractivity contribution in [1.29, 1.82) is 0 Å². The Bertz CT molecular complexity index is 521. The zero-order valence-corrected chi connectivity index (χ0v) is 15.8. The Hall–Kier alpha value is -0.810. The average molecular weight is 366 g/mol. The highest BCUT2D eigenvalue weighted by atomic mass is 33.1. The molecule has 0 spiro atoms. The van der Waals surface area contributed by atoms with E-state index in [-0.39, 0.29) is 0 Å². The summed E-state index contributed by atoms with van der Waals surface area (Å²) in [6.07, 6.45) is 7.63. The second-order valence-corrected chi connectivity index (χ2v) is 9.61. The van der Waals surface area contributed by atoms with Gasteiger partial charge in [0.05, 0.1) is 0 Å². The molecule has 0 bridgehead atoms. The minimum absolute atomic E-state index is 0.320. The standard InChI is InChI=1S/C19H27NO2S2/c21-17-7-5-15(6-8-17)16-9-12-20(13-10-16)19(22)4-2-1-3-18-11-14-23-24-18/h5-8,16,18,21H,1-4,9-14H2. The van der Waals surface area contributed by atoms with Crippen LogP contribution >= 0.6 is 21.6 Å². The summed E-state index contributed by atoms with van der Waals surface area (Å²) in [5, 5.41) is 10.2. The maximum absolute atomic E-state index is 12.4. The summed E-state index contributed by atoms with van der Waals surface area (Å²) >= 11 is 0. The van der Waals surface area contributed by atoms with Gasteiger partial charge in [-0.05, 0) is 55.7 Å². The molecule has 24 heavy (non-hydrogen) atoms. The van der Waals surface area contributed by atoms with Gasteiger partial charge in [-0.15, -0.1) is 0 Å². The van der Waals surface area contributed by atoms with Crippen LogP contribution in [0.25, 0.3) is 0 Å². The van der Waals surface area contributed by atoms with Crippen LogP contribution in [-0.2, 0) is 4.79 Å². The molecule has 1 atom stereocenters. The molecule has 0 aromatic heterocycles. The molecule has 2 heterocycles. The zero-order valence-electron chi connectivity index (χ0n) is 14.2. The fourth-order valence-electron chi connectivity index (χ4n) is 3.58. The normalized spacial score (nSPS) is 22.0. The fraction of sp³-hybridized carbons (Fsp3) is 0.632. The van der Waals surface area contributed by atoms with Crippen LogP contribution in [0.1, 0.15) is 56.4 Å². The molecule has 2 aliphatic heterocycles. The number of hydrogen-bond donors (Lipinski definition) is 1. The Morgan fingerprint density at radius 1 is 1.12 bits per heavy atom. The fourth-order valence-corrected chi connectivity index (χ4v) is 6.61. The van der Waals surface area contributed by atoms with E-state index in [2.05, 4.69) is 4.90 Å². The van der Waals surface area contributed by atoms with Crippen molar-refractivity contribution in [2.75, 3.05) is 18.8 Å². The second-order valence-electron chi connectivity index (χ2n) is 6.82. The Morgan fingerprint density at radius 3 is 2.54 bits per heavy atom. The van der Waals surface area contributed by atoms with Crippen LogP contribution in [0.5, 0.6) is 5.75 Å². The summed E-state index contributed by atoms with van der Waals surface area (Å²) in [6.45, 7) is 1.75. The molecule has 1 amide bonds. The molecule has 5 heteroatoms. The minimum Gasteiger partial charge on any atom is -0.508 e. The van der Waals surface area contributed by atoms with E-state index < -0.39 is 0 Å². The molecule has 2 saturated heterocycles. The topological polar surface area (TPSA) is 40.5 Å². The predicted molar refractivity (Wildman–Crippen MR) is 104 cm³/mol. The van der Waals surface area contributed by atoms with Gasteiger partial charge in [-0.3, -0.25) is 4.79 Å². The van der Waals surface area contributed by atoms with Gasteiger partial charge in [-0.25, -0.2) is 0 Å². The maximum atomic E-state index is 12.4. The van der Waals surface area contributed by atoms with Crippen molar-refractivity contribution < 1.29 is 9.90 Å². The van der Waals surface area contributed by atoms with Crippen LogP contribution < -0.4 is 0 Å². The van der Waals surface area contributed by atoms with E-state index in [1.807, 2.05) is 33.7 Å². The van der Waals surface area contributed by atoms with Crippen molar-refractivity contribution in [2.45, 2.75) is 56.1 Å². The highest BCUT2D eigenvalue weighted by molar-refractivity contribution is 8.77. The number of carbonyl (C=O) groups excluding carboxylic acids is 1. The maximum Gasteiger partial charge on any atom is 0.222 e. The molecular formula is C19H27NO2S2. The van der Waals surface area contributed by atoms with Gasteiger partial charge in [0.25, 0.3) is 0 Å². The largest absolute Gasteiger partial charge is 0.508 e. The van der Waals surface area contributed by atoms with Crippen molar-refractivity contribution in [3.05, 3.63) is 29.8 Å². The third-order valence-electron chi connectivity index (χ3n) is 5.11. The molecule has 0 saturated carbocycles. The van der Waals surface area contributed by atoms with E-state index in [0.717, 1.165) is 37.6 Å². The van der Waals surface area contributed by atoms with E-state index in [9.17, 15) is 9.90 Å². The number of phenolic OH excluding ortho intramolecular Hbond substituents is 1. The molecule has 1 unspecified atom stereocenters. The van der Waals surface area contributed by atoms with Gasteiger partial charge in [-0.2, -0.15) is 0 Å². The van der Waals surface area contributed by atoms with Crippen molar-refractivity contribution in [1.82, 2.24) is 4.90 Å². The molecule has 3 rings (SSSR count). The Kier molecular flexibility index (Phi) is 6.78. The van der Waals surface area contributed by atoms with Crippen molar-refractivity contribution in [2.24, 2.45) is 0 Å². The lowest BCUT2D eigenvalue weighted by atomic mass is 9.89. The quantitative estimate of drug-likeness (QED) is 0.580. The lowest BCUT2D eigenvalue weighted by Gasteiger charge is -2.32. The minimum atomic E-state index is 0.320. The number of amides is 1. The van der Waals surface area contributed by atoms with E-state index in [1.54, 1.807) is 12.1 Å². The Balaban J connectivity index is 1.34. The van der Waals surface area contributed by atoms with Gasteiger partial charge in [0, 0.05) is 30.5 Å². The van der Waals surface area contributed by atoms with Crippen LogP contribution in [0.15, 0.2) is 24.3 Å². The van der Waals surface area contributed by atoms with Crippen molar-refractivity contribution in [3.63, 3.8) is 0 Å². The third-order valence-corrected chi connectivity index (χ3v) is 8.11. The lowest BCUT2D eigenvalue weighted by Crippen LogP contribution is -2.37. The Morgan fingerprint density at radius 2 is 1.88 bits per heavy atom. The number of unbranched alkanes of at least 4 members (excludes halogenated alkanes) is 1. The third kappa shape index (κ3) is 5.09. The highest BCUT2D eigenvalue weighted by Crippen LogP contribution is 2.40. The molecule has 1 N–H and O–H groups in total. The summed E-state index contributed by atoms with van der Waals surface area (Å²) < 4.78 is 0. The number of hydrogen-bond acceptors (Lipinski definition) is 4. The summed E-state index contributed by atoms with van der Waals surface area (Å²) in [5.74, 6) is 2.48. The molecule has 2 fully saturated rings. The number of phenols is 1. The molecule has 0 radical (unpaired) electrons. The second kappa shape index (κ2) is 9.04. The SMILES string of the molecule is O=C(CCCCC1CCSS1)N1CCC(c2ccc(O)cc2)CC1. The first-order chi connectivity index (χ1) is 11.7. The molecule has 2 aliphatic rings. The van der Waals surface area contributed by atoms with Crippen LogP contribution in [0.3, 0.4) is 0 Å². The molecule has 1 aromatic carbocycles. The first-order valence-electron chi connectivity index (χ1n) is 9.07. The van der Waals surface area contributed by atoms with E-state index in [0.29, 0.717) is 24.0 Å². The smallest absolute Gasteiger partial charge is 0.222 e. The van der Waals surface area contributed by atoms with Gasteiger partial charge >= 0.3 is 0 Å². The van der Waals surface area contributed by atoms with Gasteiger partial charge in [0.2, 0.25) is 5.91 Å².